The van der Waals surface area contributed by atoms with Crippen LogP contribution in [0.4, 0.5) is 0 Å². The minimum atomic E-state index is 0.00970. The molecule has 1 amide bonds. The van der Waals surface area contributed by atoms with E-state index in [1.165, 1.54) is 0 Å². The maximum atomic E-state index is 11.2. The number of carbonyl (C=O) groups is 1. The van der Waals surface area contributed by atoms with E-state index in [0.717, 1.165) is 32.5 Å². The Morgan fingerprint density at radius 2 is 2.20 bits per heavy atom. The first-order valence-corrected chi connectivity index (χ1v) is 5.54. The van der Waals surface area contributed by atoms with Crippen LogP contribution in [0.25, 0.3) is 0 Å². The number of amides is 1. The Balaban J connectivity index is 2.09. The van der Waals surface area contributed by atoms with Crippen LogP contribution in [0, 0.1) is 17.2 Å². The summed E-state index contributed by atoms with van der Waals surface area (Å²) in [4.78, 5) is 13.5. The molecule has 0 radical (unpaired) electrons. The highest BCUT2D eigenvalue weighted by molar-refractivity contribution is 5.76. The highest BCUT2D eigenvalue weighted by Crippen LogP contribution is 2.14. The number of nitrogens with zero attached hydrogens (tertiary/aromatic N) is 2. The maximum absolute atomic E-state index is 11.2. The van der Waals surface area contributed by atoms with Crippen LogP contribution >= 0.6 is 0 Å². The van der Waals surface area contributed by atoms with E-state index in [2.05, 4.69) is 17.3 Å². The fourth-order valence-electron chi connectivity index (χ4n) is 1.78. The molecule has 1 saturated heterocycles. The lowest BCUT2D eigenvalue weighted by Crippen LogP contribution is -2.36. The minimum absolute atomic E-state index is 0.00970. The van der Waals surface area contributed by atoms with Crippen LogP contribution in [-0.2, 0) is 4.79 Å². The van der Waals surface area contributed by atoms with Gasteiger partial charge in [0.15, 0.2) is 0 Å². The molecule has 1 fully saturated rings. The monoisotopic (exact) mass is 209 g/mol. The van der Waals surface area contributed by atoms with Crippen molar-refractivity contribution in [2.45, 2.75) is 25.7 Å². The second-order valence-corrected chi connectivity index (χ2v) is 4.21. The molecule has 1 aliphatic heterocycles. The first-order valence-electron chi connectivity index (χ1n) is 5.54. The number of rotatable bonds is 4. The Morgan fingerprint density at radius 1 is 1.53 bits per heavy atom. The summed E-state index contributed by atoms with van der Waals surface area (Å²) in [5.41, 5.74) is 0. The van der Waals surface area contributed by atoms with E-state index >= 15 is 0 Å². The normalized spacial score (nSPS) is 18.4. The average Bonchev–Trinajstić information content (AvgIpc) is 2.25. The quantitative estimate of drug-likeness (QED) is 0.743. The number of likely N-dealkylation sites (tertiary alicyclic amines) is 1. The summed E-state index contributed by atoms with van der Waals surface area (Å²) in [6, 6.07) is 1.97. The molecule has 0 aliphatic carbocycles. The number of nitrogens with one attached hydrogen (secondary N) is 1. The lowest BCUT2D eigenvalue weighted by Gasteiger charge is -2.28. The summed E-state index contributed by atoms with van der Waals surface area (Å²) in [5.74, 6) is 0.628. The average molecular weight is 209 g/mol. The molecular formula is C11H19N3O. The smallest absolute Gasteiger partial charge is 0.221 e. The Labute approximate surface area is 91.2 Å². The first-order chi connectivity index (χ1) is 7.22. The van der Waals surface area contributed by atoms with Crippen LogP contribution in [0.2, 0.25) is 0 Å². The van der Waals surface area contributed by atoms with E-state index in [1.54, 1.807) is 0 Å². The van der Waals surface area contributed by atoms with E-state index in [4.69, 9.17) is 5.26 Å². The van der Waals surface area contributed by atoms with Gasteiger partial charge in [0.05, 0.1) is 6.07 Å². The maximum Gasteiger partial charge on any atom is 0.221 e. The zero-order chi connectivity index (χ0) is 11.1. The Bertz CT molecular complexity index is 239. The van der Waals surface area contributed by atoms with Crippen LogP contribution in [0.3, 0.4) is 0 Å². The second kappa shape index (κ2) is 6.41. The molecule has 0 unspecified atom stereocenters. The Kier molecular flexibility index (Phi) is 5.13. The van der Waals surface area contributed by atoms with Crippen molar-refractivity contribution in [3.05, 3.63) is 0 Å². The van der Waals surface area contributed by atoms with Crippen molar-refractivity contribution in [2.75, 3.05) is 26.7 Å². The van der Waals surface area contributed by atoms with Crippen LogP contribution in [0.1, 0.15) is 25.7 Å². The number of piperidine rings is 1. The molecule has 4 nitrogen and oxygen atoms in total. The van der Waals surface area contributed by atoms with Gasteiger partial charge in [0.25, 0.3) is 0 Å². The molecule has 0 bridgehead atoms. The van der Waals surface area contributed by atoms with Gasteiger partial charge in [-0.05, 0) is 38.9 Å². The first kappa shape index (κ1) is 12.0. The summed E-state index contributed by atoms with van der Waals surface area (Å²) in [6.07, 6.45) is 2.98. The molecule has 1 heterocycles. The van der Waals surface area contributed by atoms with Crippen LogP contribution in [0.15, 0.2) is 0 Å². The molecule has 4 heteroatoms. The van der Waals surface area contributed by atoms with Gasteiger partial charge in [-0.15, -0.1) is 0 Å². The molecule has 0 spiro atoms. The van der Waals surface area contributed by atoms with Crippen molar-refractivity contribution in [2.24, 2.45) is 5.92 Å². The topological polar surface area (TPSA) is 56.1 Å². The van der Waals surface area contributed by atoms with Gasteiger partial charge in [0.2, 0.25) is 5.91 Å². The highest BCUT2D eigenvalue weighted by Gasteiger charge is 2.16. The van der Waals surface area contributed by atoms with Crippen molar-refractivity contribution < 1.29 is 4.79 Å². The van der Waals surface area contributed by atoms with Gasteiger partial charge in [-0.3, -0.25) is 4.79 Å². The van der Waals surface area contributed by atoms with E-state index in [0.29, 0.717) is 18.8 Å². The summed E-state index contributed by atoms with van der Waals surface area (Å²) >= 11 is 0. The number of hydrogen-bond acceptors (Lipinski definition) is 3. The lowest BCUT2D eigenvalue weighted by atomic mass is 9.97. The second-order valence-electron chi connectivity index (χ2n) is 4.21. The predicted octanol–water partition coefficient (Wildman–Crippen LogP) is 0.748. The van der Waals surface area contributed by atoms with Crippen molar-refractivity contribution in [1.82, 2.24) is 10.2 Å². The molecule has 15 heavy (non-hydrogen) atoms. The largest absolute Gasteiger partial charge is 0.356 e. The van der Waals surface area contributed by atoms with Crippen molar-refractivity contribution in [3.8, 4) is 6.07 Å². The van der Waals surface area contributed by atoms with Crippen molar-refractivity contribution in [3.63, 3.8) is 0 Å². The van der Waals surface area contributed by atoms with E-state index in [-0.39, 0.29) is 5.91 Å². The van der Waals surface area contributed by atoms with Gasteiger partial charge in [-0.1, -0.05) is 0 Å². The van der Waals surface area contributed by atoms with E-state index < -0.39 is 0 Å². The van der Waals surface area contributed by atoms with Crippen LogP contribution < -0.4 is 5.32 Å². The third kappa shape index (κ3) is 4.80. The molecule has 0 atom stereocenters. The van der Waals surface area contributed by atoms with Crippen LogP contribution in [-0.4, -0.2) is 37.5 Å². The molecule has 1 aliphatic rings. The molecule has 0 saturated carbocycles. The van der Waals surface area contributed by atoms with Crippen molar-refractivity contribution >= 4 is 5.91 Å². The van der Waals surface area contributed by atoms with Gasteiger partial charge in [0.1, 0.15) is 0 Å². The third-order valence-electron chi connectivity index (χ3n) is 2.89. The van der Waals surface area contributed by atoms with Crippen LogP contribution in [0.5, 0.6) is 0 Å². The fourth-order valence-corrected chi connectivity index (χ4v) is 1.78. The molecule has 0 aromatic rings. The van der Waals surface area contributed by atoms with E-state index in [9.17, 15) is 4.79 Å². The number of carbonyl (C=O) groups excluding carboxylic acids is 1. The Hall–Kier alpha value is -1.08. The third-order valence-corrected chi connectivity index (χ3v) is 2.89. The SMILES string of the molecule is CN1CCC(CNC(=O)CCC#N)CC1. The highest BCUT2D eigenvalue weighted by atomic mass is 16.1. The van der Waals surface area contributed by atoms with E-state index in [1.807, 2.05) is 6.07 Å². The predicted molar refractivity (Wildman–Crippen MR) is 58.1 cm³/mol. The van der Waals surface area contributed by atoms with Gasteiger partial charge >= 0.3 is 0 Å². The van der Waals surface area contributed by atoms with Crippen molar-refractivity contribution in [1.29, 1.82) is 5.26 Å². The Morgan fingerprint density at radius 3 is 2.80 bits per heavy atom. The van der Waals surface area contributed by atoms with Gasteiger partial charge < -0.3 is 10.2 Å². The van der Waals surface area contributed by atoms with Gasteiger partial charge in [-0.2, -0.15) is 5.26 Å². The lowest BCUT2D eigenvalue weighted by molar-refractivity contribution is -0.121. The summed E-state index contributed by atoms with van der Waals surface area (Å²) in [6.45, 7) is 3.02. The summed E-state index contributed by atoms with van der Waals surface area (Å²) in [7, 11) is 2.13. The zero-order valence-corrected chi connectivity index (χ0v) is 9.33. The van der Waals surface area contributed by atoms with Gasteiger partial charge in [0, 0.05) is 19.4 Å². The molecule has 1 rings (SSSR count). The molecule has 0 aromatic carbocycles. The molecular weight excluding hydrogens is 190 g/mol. The molecule has 0 aromatic heterocycles. The van der Waals surface area contributed by atoms with Gasteiger partial charge in [-0.25, -0.2) is 0 Å². The summed E-state index contributed by atoms with van der Waals surface area (Å²) < 4.78 is 0. The number of nitriles is 1. The standard InChI is InChI=1S/C11H19N3O/c1-14-7-4-10(5-8-14)9-13-11(15)3-2-6-12/h10H,2-5,7-9H2,1H3,(H,13,15). The fraction of sp³-hybridized carbons (Fsp3) is 0.818. The number of hydrogen-bond donors (Lipinski definition) is 1. The minimum Gasteiger partial charge on any atom is -0.356 e. The zero-order valence-electron chi connectivity index (χ0n) is 9.33. The summed E-state index contributed by atoms with van der Waals surface area (Å²) in [5, 5.41) is 11.2. The molecule has 1 N–H and O–H groups in total. The molecule has 84 valence electrons.